The fourth-order valence-electron chi connectivity index (χ4n) is 1.98. The molecule has 4 heteroatoms. The predicted octanol–water partition coefficient (Wildman–Crippen LogP) is 4.22. The molecule has 0 bridgehead atoms. The molecule has 0 saturated heterocycles. The van der Waals surface area contributed by atoms with Crippen LogP contribution in [0.3, 0.4) is 0 Å². The Morgan fingerprint density at radius 1 is 1.30 bits per heavy atom. The van der Waals surface area contributed by atoms with Gasteiger partial charge in [-0.2, -0.15) is 0 Å². The summed E-state index contributed by atoms with van der Waals surface area (Å²) in [4.78, 5) is 12.3. The van der Waals surface area contributed by atoms with Gasteiger partial charge in [0.15, 0.2) is 5.78 Å². The monoisotopic (exact) mass is 292 g/mol. The van der Waals surface area contributed by atoms with E-state index in [0.29, 0.717) is 16.9 Å². The van der Waals surface area contributed by atoms with E-state index in [1.807, 2.05) is 13.0 Å². The number of rotatable bonds is 4. The zero-order chi connectivity index (χ0) is 14.7. The summed E-state index contributed by atoms with van der Waals surface area (Å²) in [5.74, 6) is -0.162. The van der Waals surface area contributed by atoms with Crippen molar-refractivity contribution in [3.8, 4) is 5.75 Å². The van der Waals surface area contributed by atoms with E-state index in [-0.39, 0.29) is 17.2 Å². The lowest BCUT2D eigenvalue weighted by Crippen LogP contribution is -2.07. The minimum absolute atomic E-state index is 0.00747. The number of carbonyl (C=O) groups is 1. The van der Waals surface area contributed by atoms with Crippen LogP contribution in [0.2, 0.25) is 5.02 Å². The lowest BCUT2D eigenvalue weighted by Gasteiger charge is -2.09. The molecule has 2 rings (SSSR count). The average molecular weight is 293 g/mol. The molecule has 0 aromatic heterocycles. The van der Waals surface area contributed by atoms with Crippen LogP contribution in [-0.2, 0) is 6.42 Å². The van der Waals surface area contributed by atoms with Gasteiger partial charge in [0.25, 0.3) is 0 Å². The van der Waals surface area contributed by atoms with Crippen LogP contribution in [0.25, 0.3) is 0 Å². The standard InChI is InChI=1S/C16H14ClFO2/c1-10-6-7-12(15(8-10)20-2)14(19)9-11-4-3-5-13(18)16(11)17/h3-8H,9H2,1-2H3. The number of hydrogen-bond acceptors (Lipinski definition) is 2. The molecule has 0 aliphatic heterocycles. The summed E-state index contributed by atoms with van der Waals surface area (Å²) >= 11 is 5.87. The molecule has 0 aliphatic carbocycles. The highest BCUT2D eigenvalue weighted by Crippen LogP contribution is 2.25. The minimum atomic E-state index is -0.521. The summed E-state index contributed by atoms with van der Waals surface area (Å²) in [7, 11) is 1.51. The van der Waals surface area contributed by atoms with Crippen LogP contribution < -0.4 is 4.74 Å². The molecule has 20 heavy (non-hydrogen) atoms. The Morgan fingerprint density at radius 3 is 2.75 bits per heavy atom. The third-order valence-corrected chi connectivity index (χ3v) is 3.46. The van der Waals surface area contributed by atoms with Crippen molar-refractivity contribution in [2.24, 2.45) is 0 Å². The second-order valence-electron chi connectivity index (χ2n) is 4.52. The van der Waals surface area contributed by atoms with E-state index in [0.717, 1.165) is 5.56 Å². The molecule has 2 nitrogen and oxygen atoms in total. The molecule has 0 N–H and O–H groups in total. The normalized spacial score (nSPS) is 10.4. The van der Waals surface area contributed by atoms with Crippen LogP contribution in [0.15, 0.2) is 36.4 Å². The minimum Gasteiger partial charge on any atom is -0.496 e. The van der Waals surface area contributed by atoms with E-state index >= 15 is 0 Å². The SMILES string of the molecule is COc1cc(C)ccc1C(=O)Cc1cccc(F)c1Cl. The summed E-state index contributed by atoms with van der Waals surface area (Å²) in [6.45, 7) is 1.92. The van der Waals surface area contributed by atoms with Crippen LogP contribution in [0.5, 0.6) is 5.75 Å². The van der Waals surface area contributed by atoms with Gasteiger partial charge >= 0.3 is 0 Å². The van der Waals surface area contributed by atoms with E-state index in [1.165, 1.54) is 19.2 Å². The summed E-state index contributed by atoms with van der Waals surface area (Å²) in [6, 6.07) is 9.79. The Balaban J connectivity index is 2.31. The molecule has 0 radical (unpaired) electrons. The zero-order valence-electron chi connectivity index (χ0n) is 11.2. The molecule has 0 spiro atoms. The number of Topliss-reactive ketones (excluding diaryl/α,β-unsaturated/α-hetero) is 1. The van der Waals surface area contributed by atoms with Gasteiger partial charge in [-0.25, -0.2) is 4.39 Å². The van der Waals surface area contributed by atoms with E-state index in [9.17, 15) is 9.18 Å². The number of halogens is 2. The molecule has 0 unspecified atom stereocenters. The Morgan fingerprint density at radius 2 is 2.05 bits per heavy atom. The fraction of sp³-hybridized carbons (Fsp3) is 0.188. The topological polar surface area (TPSA) is 26.3 Å². The number of benzene rings is 2. The molecule has 0 heterocycles. The Hall–Kier alpha value is -1.87. The van der Waals surface area contributed by atoms with Crippen molar-refractivity contribution in [2.75, 3.05) is 7.11 Å². The van der Waals surface area contributed by atoms with E-state index in [2.05, 4.69) is 0 Å². The molecule has 0 saturated carbocycles. The zero-order valence-corrected chi connectivity index (χ0v) is 12.0. The Kier molecular flexibility index (Phi) is 4.40. The van der Waals surface area contributed by atoms with Crippen molar-refractivity contribution in [2.45, 2.75) is 13.3 Å². The molecule has 0 atom stereocenters. The van der Waals surface area contributed by atoms with Crippen molar-refractivity contribution in [3.63, 3.8) is 0 Å². The summed E-state index contributed by atoms with van der Waals surface area (Å²) in [6.07, 6.45) is 0.0377. The highest BCUT2D eigenvalue weighted by molar-refractivity contribution is 6.31. The lowest BCUT2D eigenvalue weighted by molar-refractivity contribution is 0.0990. The van der Waals surface area contributed by atoms with Crippen molar-refractivity contribution >= 4 is 17.4 Å². The van der Waals surface area contributed by atoms with Crippen LogP contribution in [-0.4, -0.2) is 12.9 Å². The number of aryl methyl sites for hydroxylation is 1. The second kappa shape index (κ2) is 6.06. The van der Waals surface area contributed by atoms with Gasteiger partial charge in [0.05, 0.1) is 17.7 Å². The van der Waals surface area contributed by atoms with Crippen molar-refractivity contribution in [3.05, 3.63) is 63.9 Å². The Bertz CT molecular complexity index is 653. The smallest absolute Gasteiger partial charge is 0.171 e. The first-order chi connectivity index (χ1) is 9.52. The lowest BCUT2D eigenvalue weighted by atomic mass is 10.0. The molecule has 2 aromatic carbocycles. The molecule has 2 aromatic rings. The van der Waals surface area contributed by atoms with Crippen molar-refractivity contribution in [1.29, 1.82) is 0 Å². The van der Waals surface area contributed by atoms with Crippen molar-refractivity contribution in [1.82, 2.24) is 0 Å². The van der Waals surface area contributed by atoms with Gasteiger partial charge in [0.1, 0.15) is 11.6 Å². The third-order valence-electron chi connectivity index (χ3n) is 3.04. The van der Waals surface area contributed by atoms with E-state index in [4.69, 9.17) is 16.3 Å². The van der Waals surface area contributed by atoms with Gasteiger partial charge < -0.3 is 4.74 Å². The van der Waals surface area contributed by atoms with Crippen LogP contribution in [0.1, 0.15) is 21.5 Å². The first-order valence-corrected chi connectivity index (χ1v) is 6.51. The van der Waals surface area contributed by atoms with Crippen LogP contribution in [0.4, 0.5) is 4.39 Å². The maximum absolute atomic E-state index is 13.4. The van der Waals surface area contributed by atoms with Crippen LogP contribution in [0, 0.1) is 12.7 Å². The number of carbonyl (C=O) groups excluding carboxylic acids is 1. The first-order valence-electron chi connectivity index (χ1n) is 6.13. The predicted molar refractivity (Wildman–Crippen MR) is 77.2 cm³/mol. The summed E-state index contributed by atoms with van der Waals surface area (Å²) in [5, 5.41) is -0.00747. The third kappa shape index (κ3) is 2.99. The highest BCUT2D eigenvalue weighted by Gasteiger charge is 2.15. The van der Waals surface area contributed by atoms with Crippen molar-refractivity contribution < 1.29 is 13.9 Å². The fourth-order valence-corrected chi connectivity index (χ4v) is 2.17. The van der Waals surface area contributed by atoms with Gasteiger partial charge in [-0.1, -0.05) is 29.8 Å². The summed E-state index contributed by atoms with van der Waals surface area (Å²) < 4.78 is 18.6. The number of methoxy groups -OCH3 is 1. The maximum Gasteiger partial charge on any atom is 0.171 e. The molecular weight excluding hydrogens is 279 g/mol. The molecule has 0 amide bonds. The highest BCUT2D eigenvalue weighted by atomic mass is 35.5. The van der Waals surface area contributed by atoms with E-state index in [1.54, 1.807) is 18.2 Å². The van der Waals surface area contributed by atoms with Crippen LogP contribution >= 0.6 is 11.6 Å². The quantitative estimate of drug-likeness (QED) is 0.789. The van der Waals surface area contributed by atoms with Gasteiger partial charge in [-0.3, -0.25) is 4.79 Å². The Labute approximate surface area is 122 Å². The second-order valence-corrected chi connectivity index (χ2v) is 4.89. The molecule has 0 fully saturated rings. The number of ketones is 1. The van der Waals surface area contributed by atoms with Gasteiger partial charge in [-0.15, -0.1) is 0 Å². The molecule has 104 valence electrons. The van der Waals surface area contributed by atoms with Gasteiger partial charge in [0.2, 0.25) is 0 Å². The van der Waals surface area contributed by atoms with Gasteiger partial charge in [0, 0.05) is 6.42 Å². The molecular formula is C16H14ClFO2. The average Bonchev–Trinajstić information content (AvgIpc) is 2.43. The summed E-state index contributed by atoms with van der Waals surface area (Å²) in [5.41, 5.74) is 1.94. The molecule has 0 aliphatic rings. The number of ether oxygens (including phenoxy) is 1. The van der Waals surface area contributed by atoms with E-state index < -0.39 is 5.82 Å². The first kappa shape index (κ1) is 14.5. The maximum atomic E-state index is 13.4. The number of hydrogen-bond donors (Lipinski definition) is 0. The largest absolute Gasteiger partial charge is 0.496 e. The van der Waals surface area contributed by atoms with Gasteiger partial charge in [-0.05, 0) is 36.2 Å².